The summed E-state index contributed by atoms with van der Waals surface area (Å²) in [6.07, 6.45) is 0. The molecule has 2 aromatic rings. The number of hydrogen-bond acceptors (Lipinski definition) is 2. The van der Waals surface area contributed by atoms with Gasteiger partial charge in [0.2, 0.25) is 0 Å². The first-order chi connectivity index (χ1) is 9.60. The fourth-order valence-corrected chi connectivity index (χ4v) is 1.76. The number of methoxy groups -OCH3 is 1. The van der Waals surface area contributed by atoms with E-state index in [1.165, 1.54) is 6.07 Å². The summed E-state index contributed by atoms with van der Waals surface area (Å²) in [4.78, 5) is 11.9. The molecular formula is C16H16FNO2. The summed E-state index contributed by atoms with van der Waals surface area (Å²) in [6, 6.07) is 11.8. The largest absolute Gasteiger partial charge is 0.497 e. The Morgan fingerprint density at radius 2 is 1.90 bits per heavy atom. The van der Waals surface area contributed by atoms with Crippen molar-refractivity contribution in [3.8, 4) is 5.75 Å². The normalized spacial score (nSPS) is 10.2. The van der Waals surface area contributed by atoms with Crippen LogP contribution >= 0.6 is 0 Å². The van der Waals surface area contributed by atoms with Crippen LogP contribution in [-0.4, -0.2) is 13.0 Å². The van der Waals surface area contributed by atoms with Gasteiger partial charge >= 0.3 is 0 Å². The minimum Gasteiger partial charge on any atom is -0.497 e. The van der Waals surface area contributed by atoms with Crippen molar-refractivity contribution in [1.82, 2.24) is 5.32 Å². The van der Waals surface area contributed by atoms with E-state index in [-0.39, 0.29) is 11.7 Å². The summed E-state index contributed by atoms with van der Waals surface area (Å²) in [5, 5.41) is 2.75. The van der Waals surface area contributed by atoms with E-state index in [2.05, 4.69) is 5.32 Å². The average molecular weight is 273 g/mol. The Bertz CT molecular complexity index is 608. The molecule has 0 fully saturated rings. The van der Waals surface area contributed by atoms with Gasteiger partial charge in [0.1, 0.15) is 11.6 Å². The topological polar surface area (TPSA) is 38.3 Å². The zero-order valence-corrected chi connectivity index (χ0v) is 11.4. The van der Waals surface area contributed by atoms with Gasteiger partial charge < -0.3 is 10.1 Å². The molecule has 0 saturated heterocycles. The van der Waals surface area contributed by atoms with Crippen molar-refractivity contribution < 1.29 is 13.9 Å². The number of carbonyl (C=O) groups excluding carboxylic acids is 1. The summed E-state index contributed by atoms with van der Waals surface area (Å²) in [5.74, 6) is 0.0995. The molecule has 1 N–H and O–H groups in total. The van der Waals surface area contributed by atoms with Gasteiger partial charge in [-0.1, -0.05) is 18.2 Å². The lowest BCUT2D eigenvalue weighted by molar-refractivity contribution is 0.0950. The van der Waals surface area contributed by atoms with Crippen LogP contribution < -0.4 is 10.1 Å². The molecule has 1 amide bonds. The van der Waals surface area contributed by atoms with E-state index in [0.717, 1.165) is 11.3 Å². The lowest BCUT2D eigenvalue weighted by Gasteiger charge is -2.07. The van der Waals surface area contributed by atoms with Gasteiger partial charge in [-0.15, -0.1) is 0 Å². The van der Waals surface area contributed by atoms with Gasteiger partial charge in [-0.25, -0.2) is 4.39 Å². The van der Waals surface area contributed by atoms with E-state index in [0.29, 0.717) is 17.7 Å². The van der Waals surface area contributed by atoms with E-state index in [4.69, 9.17) is 4.74 Å². The van der Waals surface area contributed by atoms with Crippen LogP contribution in [-0.2, 0) is 6.54 Å². The predicted molar refractivity (Wildman–Crippen MR) is 75.3 cm³/mol. The monoisotopic (exact) mass is 273 g/mol. The maximum absolute atomic E-state index is 13.4. The Labute approximate surface area is 117 Å². The average Bonchev–Trinajstić information content (AvgIpc) is 2.48. The molecular weight excluding hydrogens is 257 g/mol. The smallest absolute Gasteiger partial charge is 0.251 e. The Balaban J connectivity index is 1.98. The lowest BCUT2D eigenvalue weighted by atomic mass is 10.1. The van der Waals surface area contributed by atoms with Crippen molar-refractivity contribution in [1.29, 1.82) is 0 Å². The first-order valence-corrected chi connectivity index (χ1v) is 6.27. The van der Waals surface area contributed by atoms with E-state index >= 15 is 0 Å². The standard InChI is InChI=1S/C16H16FNO2/c1-11-3-6-13(9-15(11)17)16(19)18-10-12-4-7-14(20-2)8-5-12/h3-9H,10H2,1-2H3,(H,18,19). The maximum atomic E-state index is 13.4. The van der Waals surface area contributed by atoms with Crippen LogP contribution in [0.5, 0.6) is 5.75 Å². The molecule has 0 atom stereocenters. The fraction of sp³-hybridized carbons (Fsp3) is 0.188. The van der Waals surface area contributed by atoms with E-state index in [1.54, 1.807) is 26.2 Å². The van der Waals surface area contributed by atoms with Gasteiger partial charge in [-0.2, -0.15) is 0 Å². The summed E-state index contributed by atoms with van der Waals surface area (Å²) >= 11 is 0. The highest BCUT2D eigenvalue weighted by atomic mass is 19.1. The third-order valence-electron chi connectivity index (χ3n) is 3.05. The number of carbonyl (C=O) groups is 1. The molecule has 0 spiro atoms. The van der Waals surface area contributed by atoms with Crippen LogP contribution in [0.4, 0.5) is 4.39 Å². The summed E-state index contributed by atoms with van der Waals surface area (Å²) < 4.78 is 18.5. The molecule has 0 aliphatic heterocycles. The molecule has 4 heteroatoms. The minimum absolute atomic E-state index is 0.292. The molecule has 104 valence electrons. The molecule has 0 heterocycles. The van der Waals surface area contributed by atoms with Crippen molar-refractivity contribution in [2.75, 3.05) is 7.11 Å². The fourth-order valence-electron chi connectivity index (χ4n) is 1.76. The van der Waals surface area contributed by atoms with Crippen LogP contribution in [0.3, 0.4) is 0 Å². The summed E-state index contributed by atoms with van der Waals surface area (Å²) in [7, 11) is 1.60. The number of aryl methyl sites for hydroxylation is 1. The van der Waals surface area contributed by atoms with E-state index < -0.39 is 0 Å². The highest BCUT2D eigenvalue weighted by Gasteiger charge is 2.07. The Hall–Kier alpha value is -2.36. The van der Waals surface area contributed by atoms with Crippen LogP contribution in [0, 0.1) is 12.7 Å². The second kappa shape index (κ2) is 6.19. The minimum atomic E-state index is -0.373. The van der Waals surface area contributed by atoms with Crippen LogP contribution in [0.1, 0.15) is 21.5 Å². The van der Waals surface area contributed by atoms with Crippen LogP contribution in [0.25, 0.3) is 0 Å². The molecule has 0 aliphatic rings. The Kier molecular flexibility index (Phi) is 4.35. The summed E-state index contributed by atoms with van der Waals surface area (Å²) in [6.45, 7) is 2.05. The highest BCUT2D eigenvalue weighted by molar-refractivity contribution is 5.94. The zero-order chi connectivity index (χ0) is 14.5. The van der Waals surface area contributed by atoms with Crippen LogP contribution in [0.2, 0.25) is 0 Å². The molecule has 2 rings (SSSR count). The molecule has 0 aliphatic carbocycles. The zero-order valence-electron chi connectivity index (χ0n) is 11.4. The SMILES string of the molecule is COc1ccc(CNC(=O)c2ccc(C)c(F)c2)cc1. The number of benzene rings is 2. The highest BCUT2D eigenvalue weighted by Crippen LogP contribution is 2.12. The van der Waals surface area contributed by atoms with E-state index in [9.17, 15) is 9.18 Å². The lowest BCUT2D eigenvalue weighted by Crippen LogP contribution is -2.22. The second-order valence-corrected chi connectivity index (χ2v) is 4.49. The number of halogens is 1. The van der Waals surface area contributed by atoms with Crippen molar-refractivity contribution in [2.45, 2.75) is 13.5 Å². The number of nitrogens with one attached hydrogen (secondary N) is 1. The number of rotatable bonds is 4. The maximum Gasteiger partial charge on any atom is 0.251 e. The van der Waals surface area contributed by atoms with E-state index in [1.807, 2.05) is 24.3 Å². The molecule has 0 aromatic heterocycles. The van der Waals surface area contributed by atoms with Gasteiger partial charge in [0.25, 0.3) is 5.91 Å². The van der Waals surface area contributed by atoms with Gasteiger partial charge in [-0.05, 0) is 42.3 Å². The molecule has 0 bridgehead atoms. The van der Waals surface area contributed by atoms with Crippen molar-refractivity contribution in [2.24, 2.45) is 0 Å². The first-order valence-electron chi connectivity index (χ1n) is 6.27. The third-order valence-corrected chi connectivity index (χ3v) is 3.05. The number of ether oxygens (including phenoxy) is 1. The Morgan fingerprint density at radius 1 is 1.20 bits per heavy atom. The molecule has 2 aromatic carbocycles. The van der Waals surface area contributed by atoms with Gasteiger partial charge in [-0.3, -0.25) is 4.79 Å². The van der Waals surface area contributed by atoms with Gasteiger partial charge in [0.05, 0.1) is 7.11 Å². The second-order valence-electron chi connectivity index (χ2n) is 4.49. The van der Waals surface area contributed by atoms with Crippen molar-refractivity contribution >= 4 is 5.91 Å². The molecule has 0 saturated carbocycles. The first kappa shape index (κ1) is 14.1. The third kappa shape index (κ3) is 3.35. The van der Waals surface area contributed by atoms with Crippen molar-refractivity contribution in [3.63, 3.8) is 0 Å². The predicted octanol–water partition coefficient (Wildman–Crippen LogP) is 3.07. The molecule has 3 nitrogen and oxygen atoms in total. The van der Waals surface area contributed by atoms with Crippen molar-refractivity contribution in [3.05, 3.63) is 65.0 Å². The summed E-state index contributed by atoms with van der Waals surface area (Å²) in [5.41, 5.74) is 1.80. The van der Waals surface area contributed by atoms with Crippen LogP contribution in [0.15, 0.2) is 42.5 Å². The molecule has 20 heavy (non-hydrogen) atoms. The van der Waals surface area contributed by atoms with Gasteiger partial charge in [0, 0.05) is 12.1 Å². The Morgan fingerprint density at radius 3 is 2.50 bits per heavy atom. The quantitative estimate of drug-likeness (QED) is 0.929. The number of amides is 1. The molecule has 0 unspecified atom stereocenters. The molecule has 0 radical (unpaired) electrons. The number of hydrogen-bond donors (Lipinski definition) is 1. The van der Waals surface area contributed by atoms with Gasteiger partial charge in [0.15, 0.2) is 0 Å².